The lowest BCUT2D eigenvalue weighted by Crippen LogP contribution is -2.72. The summed E-state index contributed by atoms with van der Waals surface area (Å²) in [5.74, 6) is -23.7. The van der Waals surface area contributed by atoms with Crippen LogP contribution in [0.1, 0.15) is 31.9 Å². The lowest BCUT2D eigenvalue weighted by atomic mass is 9.36. The molecule has 0 N–H and O–H groups in total. The van der Waals surface area contributed by atoms with Gasteiger partial charge in [0.15, 0.2) is 34.9 Å². The Morgan fingerprint density at radius 2 is 0.881 bits per heavy atom. The molecule has 218 valence electrons. The van der Waals surface area contributed by atoms with Gasteiger partial charge in [-0.3, -0.25) is 0 Å². The van der Waals surface area contributed by atoms with Gasteiger partial charge in [-0.25, -0.2) is 43.9 Å². The monoisotopic (exact) mass is 612 g/mol. The van der Waals surface area contributed by atoms with Crippen LogP contribution in [-0.2, 0) is 16.2 Å². The van der Waals surface area contributed by atoms with Crippen LogP contribution in [0.3, 0.4) is 0 Å². The zero-order valence-electron chi connectivity index (χ0n) is 22.0. The van der Waals surface area contributed by atoms with Crippen molar-refractivity contribution in [3.05, 3.63) is 130 Å². The molecular weight excluding hydrogens is 593 g/mol. The molecule has 1 heterocycles. The SMILES string of the molecule is CC(C)(C)c1ccc(C2=C[B-](c3c(F)c(F)c(F)c(F)c3F)(c3c(F)c(F)c(F)c(F)c3F)[S+]2c2ccccc2)cc1. The predicted molar refractivity (Wildman–Crippen MR) is 143 cm³/mol. The van der Waals surface area contributed by atoms with Gasteiger partial charge in [0.05, 0.1) is 4.91 Å². The quantitative estimate of drug-likeness (QED) is 0.0729. The largest absolute Gasteiger partial charge is 0.324 e. The highest BCUT2D eigenvalue weighted by molar-refractivity contribution is 8.38. The highest BCUT2D eigenvalue weighted by Crippen LogP contribution is 2.48. The van der Waals surface area contributed by atoms with Gasteiger partial charge in [0.2, 0.25) is 0 Å². The molecule has 1 atom stereocenters. The standard InChI is InChI=1S/C30H19BF10S/c1-30(2,3)15-11-9-14(10-12-15)17-13-31(42(17)16-7-5-4-6-8-16,18-20(32)24(36)28(40)25(37)21(18)33)19-22(34)26(38)29(41)27(39)23(19)35/h4-13H,1-3H3. The summed E-state index contributed by atoms with van der Waals surface area (Å²) in [5, 5.41) is 0. The minimum atomic E-state index is -4.03. The van der Waals surface area contributed by atoms with Gasteiger partial charge in [0, 0.05) is 5.56 Å². The Kier molecular flexibility index (Phi) is 7.28. The van der Waals surface area contributed by atoms with Crippen molar-refractivity contribution in [3.8, 4) is 0 Å². The molecular formula is C30H19BF10S. The number of hydrogen-bond donors (Lipinski definition) is 0. The average molecular weight is 612 g/mol. The molecule has 0 amide bonds. The van der Waals surface area contributed by atoms with Gasteiger partial charge < -0.3 is 0 Å². The van der Waals surface area contributed by atoms with Gasteiger partial charge in [0.1, 0.15) is 28.2 Å². The molecule has 1 aliphatic heterocycles. The summed E-state index contributed by atoms with van der Waals surface area (Å²) >= 11 is 0. The number of rotatable bonds is 4. The second-order valence-corrected chi connectivity index (χ2v) is 13.2. The zero-order chi connectivity index (χ0) is 30.9. The zero-order valence-corrected chi connectivity index (χ0v) is 22.9. The third-order valence-electron chi connectivity index (χ3n) is 7.37. The normalized spacial score (nSPS) is 16.3. The van der Waals surface area contributed by atoms with E-state index >= 15 is 17.6 Å². The smallest absolute Gasteiger partial charge is 0.207 e. The van der Waals surface area contributed by atoms with Crippen LogP contribution in [0, 0.1) is 58.2 Å². The van der Waals surface area contributed by atoms with E-state index in [4.69, 9.17) is 0 Å². The maximum Gasteiger partial charge on any atom is 0.324 e. The van der Waals surface area contributed by atoms with E-state index in [9.17, 15) is 26.3 Å². The summed E-state index contributed by atoms with van der Waals surface area (Å²) in [6.07, 6.45) is 0. The summed E-state index contributed by atoms with van der Waals surface area (Å²) in [6.45, 7) is 5.79. The van der Waals surface area contributed by atoms with E-state index in [1.54, 1.807) is 24.3 Å². The van der Waals surface area contributed by atoms with Crippen LogP contribution in [0.4, 0.5) is 43.9 Å². The number of halogens is 10. The molecule has 0 aromatic heterocycles. The van der Waals surface area contributed by atoms with Crippen LogP contribution in [0.5, 0.6) is 0 Å². The molecule has 1 aliphatic rings. The van der Waals surface area contributed by atoms with Gasteiger partial charge in [0.25, 0.3) is 0 Å². The number of benzene rings is 4. The maximum absolute atomic E-state index is 15.5. The van der Waals surface area contributed by atoms with Crippen LogP contribution < -0.4 is 10.9 Å². The molecule has 0 bridgehead atoms. The first-order chi connectivity index (χ1) is 19.6. The van der Waals surface area contributed by atoms with Gasteiger partial charge in [-0.2, -0.15) is 0 Å². The molecule has 0 aliphatic carbocycles. The minimum absolute atomic E-state index is 0.0998. The third kappa shape index (κ3) is 4.25. The van der Waals surface area contributed by atoms with Crippen molar-refractivity contribution >= 4 is 32.0 Å². The fraction of sp³-hybridized carbons (Fsp3) is 0.133. The first-order valence-corrected chi connectivity index (χ1v) is 13.8. The fourth-order valence-corrected chi connectivity index (χ4v) is 8.50. The van der Waals surface area contributed by atoms with E-state index in [0.29, 0.717) is 5.56 Å². The predicted octanol–water partition coefficient (Wildman–Crippen LogP) is 7.71. The second kappa shape index (κ2) is 10.3. The highest BCUT2D eigenvalue weighted by Gasteiger charge is 2.61. The van der Waals surface area contributed by atoms with Gasteiger partial charge in [-0.1, -0.05) is 62.0 Å². The van der Waals surface area contributed by atoms with E-state index in [2.05, 4.69) is 0 Å². The molecule has 0 spiro atoms. The van der Waals surface area contributed by atoms with Crippen molar-refractivity contribution in [2.75, 3.05) is 0 Å². The summed E-state index contributed by atoms with van der Waals surface area (Å²) < 4.78 is 149. The first kappa shape index (κ1) is 29.8. The number of hydrogen-bond acceptors (Lipinski definition) is 0. The minimum Gasteiger partial charge on any atom is -0.207 e. The Balaban J connectivity index is 1.96. The molecule has 4 aromatic rings. The Hall–Kier alpha value is -3.67. The molecule has 5 rings (SSSR count). The first-order valence-electron chi connectivity index (χ1n) is 12.5. The Labute approximate surface area is 236 Å². The van der Waals surface area contributed by atoms with Crippen molar-refractivity contribution in [1.82, 2.24) is 0 Å². The van der Waals surface area contributed by atoms with Crippen molar-refractivity contribution < 1.29 is 43.9 Å². The van der Waals surface area contributed by atoms with E-state index in [0.717, 1.165) is 11.5 Å². The summed E-state index contributed by atoms with van der Waals surface area (Å²) in [6, 6.07) is 13.8. The molecule has 0 saturated heterocycles. The lowest BCUT2D eigenvalue weighted by Gasteiger charge is -2.46. The molecule has 4 aromatic carbocycles. The van der Waals surface area contributed by atoms with E-state index < -0.39 is 85.3 Å². The summed E-state index contributed by atoms with van der Waals surface area (Å²) in [5.41, 5.74) is -6.48. The lowest BCUT2D eigenvalue weighted by molar-refractivity contribution is 0.382. The molecule has 42 heavy (non-hydrogen) atoms. The highest BCUT2D eigenvalue weighted by atomic mass is 32.2. The molecule has 0 nitrogen and oxygen atoms in total. The van der Waals surface area contributed by atoms with Crippen LogP contribution in [0.15, 0.2) is 65.5 Å². The maximum atomic E-state index is 15.5. The summed E-state index contributed by atoms with van der Waals surface area (Å²) in [7, 11) is -2.01. The van der Waals surface area contributed by atoms with Crippen LogP contribution >= 0.6 is 0 Å². The third-order valence-corrected chi connectivity index (χ3v) is 10.3. The Morgan fingerprint density at radius 1 is 0.500 bits per heavy atom. The molecule has 0 saturated carbocycles. The van der Waals surface area contributed by atoms with Crippen molar-refractivity contribution in [1.29, 1.82) is 0 Å². The van der Waals surface area contributed by atoms with Crippen LogP contribution in [0.25, 0.3) is 4.91 Å². The molecule has 12 heteroatoms. The van der Waals surface area contributed by atoms with Crippen LogP contribution in [0.2, 0.25) is 0 Å². The van der Waals surface area contributed by atoms with Crippen molar-refractivity contribution in [2.24, 2.45) is 0 Å². The Bertz CT molecular complexity index is 1640. The van der Waals surface area contributed by atoms with Crippen molar-refractivity contribution in [3.63, 3.8) is 0 Å². The van der Waals surface area contributed by atoms with Crippen LogP contribution in [-0.4, -0.2) is 5.42 Å². The summed E-state index contributed by atoms with van der Waals surface area (Å²) in [4.78, 5) is 0.248. The molecule has 0 fully saturated rings. The molecule has 1 unspecified atom stereocenters. The average Bonchev–Trinajstić information content (AvgIpc) is 2.95. The fourth-order valence-electron chi connectivity index (χ4n) is 5.29. The van der Waals surface area contributed by atoms with E-state index in [1.165, 1.54) is 30.3 Å². The Morgan fingerprint density at radius 3 is 1.26 bits per heavy atom. The molecule has 0 radical (unpaired) electrons. The van der Waals surface area contributed by atoms with E-state index in [1.807, 2.05) is 20.8 Å². The van der Waals surface area contributed by atoms with Gasteiger partial charge in [-0.05, 0) is 35.2 Å². The topological polar surface area (TPSA) is 0 Å². The van der Waals surface area contributed by atoms with Gasteiger partial charge >= 0.3 is 5.42 Å². The second-order valence-electron chi connectivity index (χ2n) is 10.8. The van der Waals surface area contributed by atoms with Gasteiger partial charge in [-0.15, -0.1) is 16.7 Å². The van der Waals surface area contributed by atoms with Crippen molar-refractivity contribution in [2.45, 2.75) is 31.1 Å². The van der Waals surface area contributed by atoms with E-state index in [-0.39, 0.29) is 15.2 Å².